The third-order valence-corrected chi connectivity index (χ3v) is 3.59. The van der Waals surface area contributed by atoms with Crippen molar-refractivity contribution in [1.82, 2.24) is 10.1 Å². The quantitative estimate of drug-likeness (QED) is 0.916. The van der Waals surface area contributed by atoms with Gasteiger partial charge in [0, 0.05) is 17.5 Å². The molecule has 2 N–H and O–H groups in total. The molecule has 1 aliphatic carbocycles. The van der Waals surface area contributed by atoms with Gasteiger partial charge in [-0.3, -0.25) is 0 Å². The molecule has 1 aromatic carbocycles. The number of hydrogen-bond donors (Lipinski definition) is 1. The highest BCUT2D eigenvalue weighted by Crippen LogP contribution is 2.38. The minimum Gasteiger partial charge on any atom is -0.491 e. The zero-order chi connectivity index (χ0) is 13.5. The molecule has 0 amide bonds. The van der Waals surface area contributed by atoms with E-state index in [1.54, 1.807) is 0 Å². The van der Waals surface area contributed by atoms with Gasteiger partial charge >= 0.3 is 0 Å². The Morgan fingerprint density at radius 1 is 1.35 bits per heavy atom. The zero-order valence-corrected chi connectivity index (χ0v) is 10.9. The number of hydrogen-bond acceptors (Lipinski definition) is 6. The first-order valence-corrected chi connectivity index (χ1v) is 6.77. The minimum atomic E-state index is -0.0453. The first kappa shape index (κ1) is 11.7. The lowest BCUT2D eigenvalue weighted by Crippen LogP contribution is -2.10. The summed E-state index contributed by atoms with van der Waals surface area (Å²) in [5, 5.41) is 3.95. The Morgan fingerprint density at radius 3 is 3.10 bits per heavy atom. The van der Waals surface area contributed by atoms with Crippen LogP contribution in [0.15, 0.2) is 22.7 Å². The van der Waals surface area contributed by atoms with Crippen molar-refractivity contribution in [1.29, 1.82) is 0 Å². The molecule has 20 heavy (non-hydrogen) atoms. The molecule has 6 nitrogen and oxygen atoms in total. The third-order valence-electron chi connectivity index (χ3n) is 3.59. The molecule has 104 valence electrons. The number of benzene rings is 1. The summed E-state index contributed by atoms with van der Waals surface area (Å²) in [6.07, 6.45) is 2.31. The summed E-state index contributed by atoms with van der Waals surface area (Å²) in [6.45, 7) is 0.789. The maximum atomic E-state index is 5.90. The van der Waals surface area contributed by atoms with Gasteiger partial charge in [0.2, 0.25) is 0 Å². The van der Waals surface area contributed by atoms with Gasteiger partial charge in [-0.1, -0.05) is 5.16 Å². The van der Waals surface area contributed by atoms with Crippen LogP contribution >= 0.6 is 0 Å². The van der Waals surface area contributed by atoms with Gasteiger partial charge in [-0.2, -0.15) is 4.98 Å². The standard InChI is InChI=1S/C14H15N3O3/c15-11-6-19-12-5-9(3-4-10(11)12)18-7-13-16-14(17-20-13)8-1-2-8/h3-5,8,11H,1-2,6-7,15H2. The van der Waals surface area contributed by atoms with E-state index in [4.69, 9.17) is 19.7 Å². The van der Waals surface area contributed by atoms with Crippen LogP contribution in [0.3, 0.4) is 0 Å². The highest BCUT2D eigenvalue weighted by Gasteiger charge is 2.28. The molecular weight excluding hydrogens is 258 g/mol. The van der Waals surface area contributed by atoms with Gasteiger partial charge in [0.25, 0.3) is 5.89 Å². The number of ether oxygens (including phenoxy) is 2. The van der Waals surface area contributed by atoms with E-state index >= 15 is 0 Å². The first-order chi connectivity index (χ1) is 9.79. The molecule has 1 unspecified atom stereocenters. The summed E-state index contributed by atoms with van der Waals surface area (Å²) in [5.41, 5.74) is 6.92. The van der Waals surface area contributed by atoms with Crippen molar-refractivity contribution < 1.29 is 14.0 Å². The molecule has 2 heterocycles. The molecular formula is C14H15N3O3. The second kappa shape index (κ2) is 4.49. The predicted molar refractivity (Wildman–Crippen MR) is 69.5 cm³/mol. The van der Waals surface area contributed by atoms with Crippen LogP contribution in [0.4, 0.5) is 0 Å². The maximum Gasteiger partial charge on any atom is 0.264 e. The Morgan fingerprint density at radius 2 is 2.25 bits per heavy atom. The molecule has 1 saturated carbocycles. The fraction of sp³-hybridized carbons (Fsp3) is 0.429. The van der Waals surface area contributed by atoms with Gasteiger partial charge in [-0.25, -0.2) is 0 Å². The summed E-state index contributed by atoms with van der Waals surface area (Å²) in [7, 11) is 0. The van der Waals surface area contributed by atoms with E-state index in [-0.39, 0.29) is 12.6 Å². The molecule has 1 fully saturated rings. The average molecular weight is 273 g/mol. The van der Waals surface area contributed by atoms with Crippen molar-refractivity contribution in [2.45, 2.75) is 31.4 Å². The van der Waals surface area contributed by atoms with Gasteiger partial charge in [-0.15, -0.1) is 0 Å². The van der Waals surface area contributed by atoms with Crippen molar-refractivity contribution in [2.75, 3.05) is 6.61 Å². The normalized spacial score (nSPS) is 20.6. The largest absolute Gasteiger partial charge is 0.491 e. The minimum absolute atomic E-state index is 0.0453. The van der Waals surface area contributed by atoms with Crippen LogP contribution in [0.5, 0.6) is 11.5 Å². The van der Waals surface area contributed by atoms with Gasteiger partial charge in [-0.05, 0) is 25.0 Å². The van der Waals surface area contributed by atoms with Crippen LogP contribution < -0.4 is 15.2 Å². The van der Waals surface area contributed by atoms with Crippen LogP contribution in [0.1, 0.15) is 42.1 Å². The third kappa shape index (κ3) is 2.12. The predicted octanol–water partition coefficient (Wildman–Crippen LogP) is 1.92. The molecule has 2 aromatic rings. The smallest absolute Gasteiger partial charge is 0.264 e. The molecule has 2 aliphatic rings. The Balaban J connectivity index is 1.43. The lowest BCUT2D eigenvalue weighted by Gasteiger charge is -2.05. The van der Waals surface area contributed by atoms with E-state index in [1.807, 2.05) is 18.2 Å². The maximum absolute atomic E-state index is 5.90. The Bertz CT molecular complexity index is 636. The molecule has 6 heteroatoms. The summed E-state index contributed by atoms with van der Waals surface area (Å²) in [4.78, 5) is 4.32. The highest BCUT2D eigenvalue weighted by molar-refractivity contribution is 5.44. The van der Waals surface area contributed by atoms with Crippen LogP contribution in [0.25, 0.3) is 0 Å². The first-order valence-electron chi connectivity index (χ1n) is 6.77. The van der Waals surface area contributed by atoms with E-state index in [0.717, 1.165) is 30.0 Å². The number of nitrogens with two attached hydrogens (primary N) is 1. The molecule has 1 atom stereocenters. The van der Waals surface area contributed by atoms with E-state index in [0.29, 0.717) is 24.2 Å². The zero-order valence-electron chi connectivity index (χ0n) is 10.9. The van der Waals surface area contributed by atoms with Crippen molar-refractivity contribution >= 4 is 0 Å². The van der Waals surface area contributed by atoms with Crippen LogP contribution in [0.2, 0.25) is 0 Å². The molecule has 1 aromatic heterocycles. The van der Waals surface area contributed by atoms with Crippen molar-refractivity contribution in [3.63, 3.8) is 0 Å². The number of nitrogens with zero attached hydrogens (tertiary/aromatic N) is 2. The van der Waals surface area contributed by atoms with Crippen LogP contribution in [-0.4, -0.2) is 16.7 Å². The molecule has 0 radical (unpaired) electrons. The molecule has 1 aliphatic heterocycles. The highest BCUT2D eigenvalue weighted by atomic mass is 16.5. The Labute approximate surface area is 115 Å². The topological polar surface area (TPSA) is 83.4 Å². The number of fused-ring (bicyclic) bond motifs is 1. The average Bonchev–Trinajstić information content (AvgIpc) is 3.10. The summed E-state index contributed by atoms with van der Waals surface area (Å²) in [6, 6.07) is 5.62. The summed E-state index contributed by atoms with van der Waals surface area (Å²) < 4.78 is 16.3. The van der Waals surface area contributed by atoms with E-state index < -0.39 is 0 Å². The van der Waals surface area contributed by atoms with Crippen LogP contribution in [-0.2, 0) is 6.61 Å². The number of rotatable bonds is 4. The van der Waals surface area contributed by atoms with E-state index in [2.05, 4.69) is 10.1 Å². The molecule has 0 spiro atoms. The van der Waals surface area contributed by atoms with Crippen LogP contribution in [0, 0.1) is 0 Å². The lowest BCUT2D eigenvalue weighted by atomic mass is 10.1. The van der Waals surface area contributed by atoms with Gasteiger partial charge in [0.05, 0.1) is 6.04 Å². The van der Waals surface area contributed by atoms with Gasteiger partial charge in [0.15, 0.2) is 12.4 Å². The Hall–Kier alpha value is -2.08. The fourth-order valence-electron chi connectivity index (χ4n) is 2.28. The molecule has 4 rings (SSSR count). The molecule has 0 bridgehead atoms. The van der Waals surface area contributed by atoms with Gasteiger partial charge in [0.1, 0.15) is 18.1 Å². The molecule has 0 saturated heterocycles. The van der Waals surface area contributed by atoms with Crippen molar-refractivity contribution in [3.8, 4) is 11.5 Å². The van der Waals surface area contributed by atoms with Crippen molar-refractivity contribution in [3.05, 3.63) is 35.5 Å². The fourth-order valence-corrected chi connectivity index (χ4v) is 2.28. The summed E-state index contributed by atoms with van der Waals surface area (Å²) >= 11 is 0. The van der Waals surface area contributed by atoms with E-state index in [1.165, 1.54) is 0 Å². The summed E-state index contributed by atoms with van der Waals surface area (Å²) in [5.74, 6) is 3.29. The lowest BCUT2D eigenvalue weighted by molar-refractivity contribution is 0.241. The van der Waals surface area contributed by atoms with E-state index in [9.17, 15) is 0 Å². The SMILES string of the molecule is NC1COc2cc(OCc3nc(C4CC4)no3)ccc21. The number of aromatic nitrogens is 2. The Kier molecular flexibility index (Phi) is 2.63. The van der Waals surface area contributed by atoms with Crippen molar-refractivity contribution in [2.24, 2.45) is 5.73 Å². The van der Waals surface area contributed by atoms with Gasteiger partial charge < -0.3 is 19.7 Å². The second-order valence-electron chi connectivity index (χ2n) is 5.23. The monoisotopic (exact) mass is 273 g/mol. The second-order valence-corrected chi connectivity index (χ2v) is 5.23.